The molecular formula is C12H10Cl2FNS. The molecule has 0 fully saturated rings. The summed E-state index contributed by atoms with van der Waals surface area (Å²) in [6.07, 6.45) is 0. The van der Waals surface area contributed by atoms with E-state index in [2.05, 4.69) is 5.32 Å². The van der Waals surface area contributed by atoms with E-state index in [1.807, 2.05) is 11.4 Å². The average Bonchev–Trinajstić information content (AvgIpc) is 2.70. The number of rotatable bonds is 4. The van der Waals surface area contributed by atoms with Crippen LogP contribution in [0.15, 0.2) is 29.6 Å². The summed E-state index contributed by atoms with van der Waals surface area (Å²) in [6, 6.07) is 6.65. The Bertz CT molecular complexity index is 513. The van der Waals surface area contributed by atoms with Gasteiger partial charge in [0.2, 0.25) is 0 Å². The summed E-state index contributed by atoms with van der Waals surface area (Å²) in [5.41, 5.74) is 0.957. The fourth-order valence-corrected chi connectivity index (χ4v) is 2.67. The minimum absolute atomic E-state index is 0.156. The largest absolute Gasteiger partial charge is 0.308 e. The maximum atomic E-state index is 12.9. The van der Waals surface area contributed by atoms with Crippen LogP contribution in [-0.2, 0) is 13.1 Å². The van der Waals surface area contributed by atoms with Crippen LogP contribution in [0.5, 0.6) is 0 Å². The SMILES string of the molecule is Fc1ccc(CNCc2cc(Cl)cs2)cc1Cl. The summed E-state index contributed by atoms with van der Waals surface area (Å²) in [4.78, 5) is 1.17. The first kappa shape index (κ1) is 12.8. The molecule has 1 nitrogen and oxygen atoms in total. The van der Waals surface area contributed by atoms with E-state index in [1.165, 1.54) is 10.9 Å². The number of thiophene rings is 1. The van der Waals surface area contributed by atoms with Crippen molar-refractivity contribution in [3.8, 4) is 0 Å². The first-order valence-corrected chi connectivity index (χ1v) is 6.66. The zero-order valence-electron chi connectivity index (χ0n) is 8.84. The average molecular weight is 290 g/mol. The third kappa shape index (κ3) is 3.68. The van der Waals surface area contributed by atoms with Crippen molar-refractivity contribution in [3.63, 3.8) is 0 Å². The second-order valence-electron chi connectivity index (χ2n) is 3.58. The summed E-state index contributed by atoms with van der Waals surface area (Å²) in [6.45, 7) is 1.39. The number of hydrogen-bond donors (Lipinski definition) is 1. The Hall–Kier alpha value is -0.610. The number of halogens is 3. The predicted molar refractivity (Wildman–Crippen MR) is 71.3 cm³/mol. The summed E-state index contributed by atoms with van der Waals surface area (Å²) < 4.78 is 12.9. The second-order valence-corrected chi connectivity index (χ2v) is 5.42. The maximum absolute atomic E-state index is 12.9. The Morgan fingerprint density at radius 2 is 2.00 bits per heavy atom. The normalized spacial score (nSPS) is 10.8. The van der Waals surface area contributed by atoms with Gasteiger partial charge in [0.15, 0.2) is 0 Å². The van der Waals surface area contributed by atoms with Gasteiger partial charge in [-0.2, -0.15) is 0 Å². The molecule has 5 heteroatoms. The van der Waals surface area contributed by atoms with Crippen LogP contribution in [0.2, 0.25) is 10.0 Å². The van der Waals surface area contributed by atoms with Crippen LogP contribution in [-0.4, -0.2) is 0 Å². The molecule has 0 aliphatic rings. The van der Waals surface area contributed by atoms with Crippen LogP contribution in [0, 0.1) is 5.82 Å². The smallest absolute Gasteiger partial charge is 0.141 e. The number of nitrogens with one attached hydrogen (secondary N) is 1. The zero-order valence-corrected chi connectivity index (χ0v) is 11.2. The molecule has 1 aromatic carbocycles. The molecule has 0 unspecified atom stereocenters. The van der Waals surface area contributed by atoms with E-state index in [-0.39, 0.29) is 10.8 Å². The van der Waals surface area contributed by atoms with E-state index < -0.39 is 0 Å². The van der Waals surface area contributed by atoms with Crippen molar-refractivity contribution >= 4 is 34.5 Å². The van der Waals surface area contributed by atoms with Gasteiger partial charge < -0.3 is 5.32 Å². The van der Waals surface area contributed by atoms with Gasteiger partial charge in [-0.15, -0.1) is 11.3 Å². The van der Waals surface area contributed by atoms with Gasteiger partial charge in [0, 0.05) is 23.3 Å². The van der Waals surface area contributed by atoms with Crippen LogP contribution in [0.4, 0.5) is 4.39 Å². The number of benzene rings is 1. The Kier molecular flexibility index (Phi) is 4.40. The van der Waals surface area contributed by atoms with E-state index in [4.69, 9.17) is 23.2 Å². The van der Waals surface area contributed by atoms with Crippen molar-refractivity contribution in [3.05, 3.63) is 55.9 Å². The lowest BCUT2D eigenvalue weighted by atomic mass is 10.2. The first-order valence-electron chi connectivity index (χ1n) is 5.03. The molecule has 90 valence electrons. The fourth-order valence-electron chi connectivity index (χ4n) is 1.43. The second kappa shape index (κ2) is 5.83. The van der Waals surface area contributed by atoms with Gasteiger partial charge in [0.1, 0.15) is 5.82 Å². The Morgan fingerprint density at radius 3 is 2.65 bits per heavy atom. The molecule has 0 aliphatic carbocycles. The summed E-state index contributed by atoms with van der Waals surface area (Å²) >= 11 is 13.1. The van der Waals surface area contributed by atoms with Crippen molar-refractivity contribution in [1.29, 1.82) is 0 Å². The van der Waals surface area contributed by atoms with Crippen LogP contribution in [0.1, 0.15) is 10.4 Å². The lowest BCUT2D eigenvalue weighted by molar-refractivity contribution is 0.625. The van der Waals surface area contributed by atoms with Crippen LogP contribution in [0.3, 0.4) is 0 Å². The Labute approximate surface area is 113 Å². The van der Waals surface area contributed by atoms with Crippen molar-refractivity contribution in [1.82, 2.24) is 5.32 Å². The predicted octanol–water partition coefficient (Wildman–Crippen LogP) is 4.48. The molecule has 1 N–H and O–H groups in total. The van der Waals surface area contributed by atoms with Gasteiger partial charge in [-0.1, -0.05) is 29.3 Å². The van der Waals surface area contributed by atoms with Gasteiger partial charge in [-0.25, -0.2) is 4.39 Å². The van der Waals surface area contributed by atoms with Crippen LogP contribution in [0.25, 0.3) is 0 Å². The molecule has 0 bridgehead atoms. The summed E-state index contributed by atoms with van der Waals surface area (Å²) in [5.74, 6) is -0.388. The highest BCUT2D eigenvalue weighted by molar-refractivity contribution is 7.10. The maximum Gasteiger partial charge on any atom is 0.141 e. The molecule has 0 amide bonds. The monoisotopic (exact) mass is 289 g/mol. The van der Waals surface area contributed by atoms with E-state index in [1.54, 1.807) is 23.5 Å². The fraction of sp³-hybridized carbons (Fsp3) is 0.167. The highest BCUT2D eigenvalue weighted by atomic mass is 35.5. The Morgan fingerprint density at radius 1 is 1.18 bits per heavy atom. The van der Waals surface area contributed by atoms with Gasteiger partial charge >= 0.3 is 0 Å². The van der Waals surface area contributed by atoms with Crippen LogP contribution < -0.4 is 5.32 Å². The first-order chi connectivity index (χ1) is 8.15. The Balaban J connectivity index is 1.87. The quantitative estimate of drug-likeness (QED) is 0.875. The highest BCUT2D eigenvalue weighted by Gasteiger charge is 2.01. The van der Waals surface area contributed by atoms with E-state index in [0.717, 1.165) is 17.1 Å². The van der Waals surface area contributed by atoms with Crippen molar-refractivity contribution in [2.45, 2.75) is 13.1 Å². The standard InChI is InChI=1S/C12H10Cl2FNS/c13-9-4-10(17-7-9)6-16-5-8-1-2-12(15)11(14)3-8/h1-4,7,16H,5-6H2. The lowest BCUT2D eigenvalue weighted by Gasteiger charge is -2.04. The minimum Gasteiger partial charge on any atom is -0.308 e. The topological polar surface area (TPSA) is 12.0 Å². The molecule has 0 atom stereocenters. The molecule has 0 saturated carbocycles. The molecule has 0 saturated heterocycles. The molecule has 2 aromatic rings. The van der Waals surface area contributed by atoms with Gasteiger partial charge in [0.25, 0.3) is 0 Å². The van der Waals surface area contributed by atoms with Crippen molar-refractivity contribution in [2.24, 2.45) is 0 Å². The molecule has 1 aromatic heterocycles. The molecule has 0 spiro atoms. The molecule has 1 heterocycles. The lowest BCUT2D eigenvalue weighted by Crippen LogP contribution is -2.11. The summed E-state index contributed by atoms with van der Waals surface area (Å²) in [5, 5.41) is 6.06. The molecule has 0 radical (unpaired) electrons. The summed E-state index contributed by atoms with van der Waals surface area (Å²) in [7, 11) is 0. The molecular weight excluding hydrogens is 280 g/mol. The van der Waals surface area contributed by atoms with Gasteiger partial charge in [0.05, 0.1) is 10.0 Å². The van der Waals surface area contributed by atoms with Gasteiger partial charge in [-0.05, 0) is 23.8 Å². The van der Waals surface area contributed by atoms with Crippen molar-refractivity contribution in [2.75, 3.05) is 0 Å². The minimum atomic E-state index is -0.388. The molecule has 17 heavy (non-hydrogen) atoms. The van der Waals surface area contributed by atoms with E-state index in [9.17, 15) is 4.39 Å². The third-order valence-electron chi connectivity index (χ3n) is 2.23. The van der Waals surface area contributed by atoms with E-state index >= 15 is 0 Å². The highest BCUT2D eigenvalue weighted by Crippen LogP contribution is 2.19. The zero-order chi connectivity index (χ0) is 12.3. The third-order valence-corrected chi connectivity index (χ3v) is 3.81. The van der Waals surface area contributed by atoms with E-state index in [0.29, 0.717) is 6.54 Å². The van der Waals surface area contributed by atoms with Gasteiger partial charge in [-0.3, -0.25) is 0 Å². The molecule has 0 aliphatic heterocycles. The molecule has 2 rings (SSSR count). The van der Waals surface area contributed by atoms with Crippen LogP contribution >= 0.6 is 34.5 Å². The number of hydrogen-bond acceptors (Lipinski definition) is 2. The van der Waals surface area contributed by atoms with Crippen molar-refractivity contribution < 1.29 is 4.39 Å².